The van der Waals surface area contributed by atoms with Crippen LogP contribution in [0.1, 0.15) is 19.8 Å². The summed E-state index contributed by atoms with van der Waals surface area (Å²) in [7, 11) is 0. The Morgan fingerprint density at radius 1 is 1.69 bits per heavy atom. The largest absolute Gasteiger partial charge is 0.449 e. The second kappa shape index (κ2) is 5.07. The monoisotopic (exact) mass is 187 g/mol. The Morgan fingerprint density at radius 2 is 2.46 bits per heavy atom. The Morgan fingerprint density at radius 3 is 3.08 bits per heavy atom. The van der Waals surface area contributed by atoms with Crippen molar-refractivity contribution in [1.29, 1.82) is 0 Å². The summed E-state index contributed by atoms with van der Waals surface area (Å²) in [5.41, 5.74) is 0. The minimum absolute atomic E-state index is 0.0922. The van der Waals surface area contributed by atoms with Crippen molar-refractivity contribution in [1.82, 2.24) is 4.90 Å². The minimum atomic E-state index is -0.238. The second-order valence-corrected chi connectivity index (χ2v) is 3.43. The number of ether oxygens (including phenoxy) is 1. The first kappa shape index (κ1) is 10.3. The Hall–Kier alpha value is -0.770. The maximum Gasteiger partial charge on any atom is 0.409 e. The topological polar surface area (TPSA) is 49.8 Å². The first-order chi connectivity index (χ1) is 6.27. The Balaban J connectivity index is 2.36. The summed E-state index contributed by atoms with van der Waals surface area (Å²) in [6.07, 6.45) is 1.82. The molecule has 1 aliphatic rings. The van der Waals surface area contributed by atoms with Crippen LogP contribution in [0.3, 0.4) is 0 Å². The van der Waals surface area contributed by atoms with E-state index in [4.69, 9.17) is 9.84 Å². The number of carbonyl (C=O) groups excluding carboxylic acids is 1. The van der Waals surface area contributed by atoms with Crippen LogP contribution in [0, 0.1) is 5.92 Å². The highest BCUT2D eigenvalue weighted by Crippen LogP contribution is 2.11. The molecule has 0 saturated carbocycles. The van der Waals surface area contributed by atoms with Gasteiger partial charge in [-0.3, -0.25) is 0 Å². The number of hydrogen-bond acceptors (Lipinski definition) is 3. The molecule has 1 heterocycles. The molecule has 1 fully saturated rings. The molecule has 1 aliphatic heterocycles. The lowest BCUT2D eigenvalue weighted by atomic mass is 10.1. The van der Waals surface area contributed by atoms with Gasteiger partial charge >= 0.3 is 6.09 Å². The van der Waals surface area contributed by atoms with E-state index in [1.165, 1.54) is 0 Å². The fourth-order valence-corrected chi connectivity index (χ4v) is 1.36. The maximum absolute atomic E-state index is 11.2. The molecule has 0 radical (unpaired) electrons. The highest BCUT2D eigenvalue weighted by atomic mass is 16.6. The van der Waals surface area contributed by atoms with E-state index in [1.807, 2.05) is 0 Å². The molecule has 4 heteroatoms. The number of amides is 1. The molecule has 0 aromatic heterocycles. The summed E-state index contributed by atoms with van der Waals surface area (Å²) in [5, 5.41) is 8.90. The molecule has 1 saturated heterocycles. The number of aliphatic hydroxyl groups excluding tert-OH is 1. The fourth-order valence-electron chi connectivity index (χ4n) is 1.36. The van der Waals surface area contributed by atoms with Crippen LogP contribution in [-0.4, -0.2) is 42.4 Å². The molecule has 13 heavy (non-hydrogen) atoms. The zero-order valence-electron chi connectivity index (χ0n) is 8.03. The molecular formula is C9H17NO3. The molecule has 1 unspecified atom stereocenters. The predicted molar refractivity (Wildman–Crippen MR) is 48.4 cm³/mol. The van der Waals surface area contributed by atoms with Crippen LogP contribution >= 0.6 is 0 Å². The van der Waals surface area contributed by atoms with Gasteiger partial charge in [-0.25, -0.2) is 4.79 Å². The average molecular weight is 187 g/mol. The van der Waals surface area contributed by atoms with Gasteiger partial charge in [0.2, 0.25) is 0 Å². The predicted octanol–water partition coefficient (Wildman–Crippen LogP) is 0.847. The summed E-state index contributed by atoms with van der Waals surface area (Å²) in [6.45, 7) is 3.91. The molecule has 4 nitrogen and oxygen atoms in total. The van der Waals surface area contributed by atoms with Gasteiger partial charge in [0.15, 0.2) is 0 Å². The number of rotatable bonds is 4. The molecule has 0 spiro atoms. The normalized spacial score (nSPS) is 23.1. The lowest BCUT2D eigenvalue weighted by Gasteiger charge is -2.31. The number of carbonyl (C=O) groups is 1. The lowest BCUT2D eigenvalue weighted by molar-refractivity contribution is 0.0245. The van der Waals surface area contributed by atoms with Gasteiger partial charge in [0.1, 0.15) is 0 Å². The van der Waals surface area contributed by atoms with Gasteiger partial charge in [-0.2, -0.15) is 0 Å². The second-order valence-electron chi connectivity index (χ2n) is 3.43. The summed E-state index contributed by atoms with van der Waals surface area (Å²) in [6, 6.07) is 0. The van der Waals surface area contributed by atoms with E-state index in [2.05, 4.69) is 6.92 Å². The van der Waals surface area contributed by atoms with E-state index in [0.29, 0.717) is 13.2 Å². The quantitative estimate of drug-likeness (QED) is 0.709. The smallest absolute Gasteiger partial charge is 0.409 e. The van der Waals surface area contributed by atoms with Crippen molar-refractivity contribution in [2.75, 3.05) is 26.3 Å². The average Bonchev–Trinajstić information content (AvgIpc) is 2.17. The van der Waals surface area contributed by atoms with E-state index in [9.17, 15) is 4.79 Å². The fraction of sp³-hybridized carbons (Fsp3) is 0.889. The third-order valence-electron chi connectivity index (χ3n) is 2.22. The van der Waals surface area contributed by atoms with E-state index in [-0.39, 0.29) is 18.6 Å². The van der Waals surface area contributed by atoms with Gasteiger partial charge in [-0.05, 0) is 6.42 Å². The molecule has 76 valence electrons. The van der Waals surface area contributed by atoms with Crippen molar-refractivity contribution in [3.05, 3.63) is 0 Å². The lowest BCUT2D eigenvalue weighted by Crippen LogP contribution is -2.44. The molecule has 0 aromatic rings. The van der Waals surface area contributed by atoms with Crippen molar-refractivity contribution in [2.45, 2.75) is 19.8 Å². The molecule has 0 bridgehead atoms. The van der Waals surface area contributed by atoms with Crippen molar-refractivity contribution in [3.63, 3.8) is 0 Å². The van der Waals surface area contributed by atoms with Crippen LogP contribution in [0.25, 0.3) is 0 Å². The summed E-state index contributed by atoms with van der Waals surface area (Å²) in [5.74, 6) is 0.0922. The van der Waals surface area contributed by atoms with E-state index >= 15 is 0 Å². The molecule has 0 aromatic carbocycles. The Kier molecular flexibility index (Phi) is 4.02. The van der Waals surface area contributed by atoms with E-state index in [1.54, 1.807) is 4.90 Å². The molecular weight excluding hydrogens is 170 g/mol. The van der Waals surface area contributed by atoms with Crippen LogP contribution in [0.4, 0.5) is 4.79 Å². The highest BCUT2D eigenvalue weighted by molar-refractivity contribution is 5.68. The number of nitrogens with zero attached hydrogens (tertiary/aromatic N) is 1. The maximum atomic E-state index is 11.2. The third kappa shape index (κ3) is 2.88. The van der Waals surface area contributed by atoms with Crippen LogP contribution in [-0.2, 0) is 4.74 Å². The highest BCUT2D eigenvalue weighted by Gasteiger charge is 2.25. The van der Waals surface area contributed by atoms with Crippen molar-refractivity contribution in [2.24, 2.45) is 5.92 Å². The van der Waals surface area contributed by atoms with E-state index in [0.717, 1.165) is 19.4 Å². The number of aliphatic hydroxyl groups is 1. The Labute approximate surface area is 78.5 Å². The van der Waals surface area contributed by atoms with Gasteiger partial charge in [-0.15, -0.1) is 0 Å². The zero-order valence-corrected chi connectivity index (χ0v) is 8.03. The standard InChI is InChI=1S/C9H17NO3/c1-2-3-4-10-5-8(6-11)7-13-9(10)12/h8,11H,2-7H2,1H3. The SMILES string of the molecule is CCCCN1CC(CO)COC1=O. The summed E-state index contributed by atoms with van der Waals surface area (Å²) >= 11 is 0. The van der Waals surface area contributed by atoms with Crippen molar-refractivity contribution < 1.29 is 14.6 Å². The van der Waals surface area contributed by atoms with Crippen molar-refractivity contribution in [3.8, 4) is 0 Å². The molecule has 0 aliphatic carbocycles. The van der Waals surface area contributed by atoms with E-state index < -0.39 is 0 Å². The zero-order chi connectivity index (χ0) is 9.68. The Bertz CT molecular complexity index is 172. The van der Waals surface area contributed by atoms with Crippen LogP contribution in [0.15, 0.2) is 0 Å². The van der Waals surface area contributed by atoms with Crippen LogP contribution in [0.2, 0.25) is 0 Å². The van der Waals surface area contributed by atoms with Gasteiger partial charge in [0.05, 0.1) is 13.2 Å². The first-order valence-corrected chi connectivity index (χ1v) is 4.80. The van der Waals surface area contributed by atoms with Gasteiger partial charge < -0.3 is 14.7 Å². The molecule has 1 amide bonds. The summed E-state index contributed by atoms with van der Waals surface area (Å²) in [4.78, 5) is 12.9. The van der Waals surface area contributed by atoms with Gasteiger partial charge in [-0.1, -0.05) is 13.3 Å². The molecule has 1 N–H and O–H groups in total. The summed E-state index contributed by atoms with van der Waals surface area (Å²) < 4.78 is 4.92. The molecule has 1 atom stereocenters. The number of hydrogen-bond donors (Lipinski definition) is 1. The molecule has 1 rings (SSSR count). The number of cyclic esters (lactones) is 1. The third-order valence-corrected chi connectivity index (χ3v) is 2.22. The number of unbranched alkanes of at least 4 members (excludes halogenated alkanes) is 1. The van der Waals surface area contributed by atoms with Gasteiger partial charge in [0.25, 0.3) is 0 Å². The van der Waals surface area contributed by atoms with Crippen LogP contribution < -0.4 is 0 Å². The van der Waals surface area contributed by atoms with Crippen LogP contribution in [0.5, 0.6) is 0 Å². The first-order valence-electron chi connectivity index (χ1n) is 4.80. The van der Waals surface area contributed by atoms with Gasteiger partial charge in [0, 0.05) is 19.0 Å². The minimum Gasteiger partial charge on any atom is -0.449 e. The van der Waals surface area contributed by atoms with Crippen molar-refractivity contribution >= 4 is 6.09 Å².